The van der Waals surface area contributed by atoms with Gasteiger partial charge < -0.3 is 10.8 Å². The molecule has 0 saturated heterocycles. The second-order valence-corrected chi connectivity index (χ2v) is 2.70. The molecule has 0 bridgehead atoms. The van der Waals surface area contributed by atoms with E-state index in [0.717, 1.165) is 12.1 Å². The van der Waals surface area contributed by atoms with Crippen LogP contribution in [0.4, 0.5) is 8.78 Å². The lowest BCUT2D eigenvalue weighted by molar-refractivity contribution is 0.100. The fourth-order valence-electron chi connectivity index (χ4n) is 1.02. The molecule has 0 radical (unpaired) electrons. The molecule has 1 aromatic carbocycles. The average Bonchev–Trinajstić information content (AvgIpc) is 2.17. The van der Waals surface area contributed by atoms with E-state index in [1.54, 1.807) is 0 Å². The second kappa shape index (κ2) is 4.15. The number of nitrogens with two attached hydrogens (primary N) is 1. The number of carbonyl (C=O) groups is 1. The summed E-state index contributed by atoms with van der Waals surface area (Å²) in [5.41, 5.74) is 4.60. The van der Waals surface area contributed by atoms with Gasteiger partial charge in [0.15, 0.2) is 5.78 Å². The van der Waals surface area contributed by atoms with Crippen LogP contribution in [0, 0.1) is 0 Å². The van der Waals surface area contributed by atoms with Crippen LogP contribution in [0.3, 0.4) is 0 Å². The molecule has 14 heavy (non-hydrogen) atoms. The van der Waals surface area contributed by atoms with Crippen LogP contribution in [0.5, 0.6) is 5.75 Å². The van der Waals surface area contributed by atoms with Crippen molar-refractivity contribution in [3.63, 3.8) is 0 Å². The van der Waals surface area contributed by atoms with E-state index in [1.807, 2.05) is 0 Å². The molecule has 76 valence electrons. The Bertz CT molecular complexity index is 353. The van der Waals surface area contributed by atoms with Crippen molar-refractivity contribution in [1.82, 2.24) is 0 Å². The Hall–Kier alpha value is -1.49. The highest BCUT2D eigenvalue weighted by molar-refractivity contribution is 5.97. The number of alkyl halides is 2. The minimum atomic E-state index is -2.81. The molecule has 1 aromatic rings. The van der Waals surface area contributed by atoms with Crippen LogP contribution < -0.4 is 5.73 Å². The number of halogens is 2. The number of hydrogen-bond acceptors (Lipinski definition) is 3. The van der Waals surface area contributed by atoms with Crippen LogP contribution in [-0.2, 0) is 0 Å². The smallest absolute Gasteiger partial charge is 0.267 e. The highest BCUT2D eigenvalue weighted by Crippen LogP contribution is 2.28. The molecule has 0 unspecified atom stereocenters. The molecule has 0 saturated carbocycles. The number of benzene rings is 1. The molecule has 5 heteroatoms. The van der Waals surface area contributed by atoms with Crippen molar-refractivity contribution in [3.05, 3.63) is 29.3 Å². The summed E-state index contributed by atoms with van der Waals surface area (Å²) in [7, 11) is 0. The van der Waals surface area contributed by atoms with Gasteiger partial charge in [-0.25, -0.2) is 8.78 Å². The molecule has 3 N–H and O–H groups in total. The number of Topliss-reactive ketones (excluding diaryl/α,β-unsaturated/α-hetero) is 1. The Kier molecular flexibility index (Phi) is 3.14. The quantitative estimate of drug-likeness (QED) is 0.728. The summed E-state index contributed by atoms with van der Waals surface area (Å²) in [6, 6.07) is 3.27. The largest absolute Gasteiger partial charge is 0.507 e. The number of ketones is 1. The first-order chi connectivity index (χ1) is 6.56. The monoisotopic (exact) mass is 201 g/mol. The Labute approximate surface area is 79.2 Å². The van der Waals surface area contributed by atoms with Crippen molar-refractivity contribution >= 4 is 5.78 Å². The standard InChI is InChI=1S/C9H9F2NO2/c10-9(11)6-3-5(8(14)4-12)1-2-7(6)13/h1-3,9,13H,4,12H2. The van der Waals surface area contributed by atoms with Crippen LogP contribution >= 0.6 is 0 Å². The zero-order valence-corrected chi connectivity index (χ0v) is 7.21. The Morgan fingerprint density at radius 2 is 2.14 bits per heavy atom. The predicted octanol–water partition coefficient (Wildman–Crippen LogP) is 1.47. The van der Waals surface area contributed by atoms with E-state index in [1.165, 1.54) is 6.07 Å². The first-order valence-corrected chi connectivity index (χ1v) is 3.90. The van der Waals surface area contributed by atoms with E-state index < -0.39 is 23.5 Å². The lowest BCUT2D eigenvalue weighted by Gasteiger charge is -2.05. The first kappa shape index (κ1) is 10.6. The number of phenols is 1. The fourth-order valence-corrected chi connectivity index (χ4v) is 1.02. The zero-order valence-electron chi connectivity index (χ0n) is 7.21. The normalized spacial score (nSPS) is 10.6. The van der Waals surface area contributed by atoms with Gasteiger partial charge in [-0.3, -0.25) is 4.79 Å². The minimum absolute atomic E-state index is 0.0839. The summed E-state index contributed by atoms with van der Waals surface area (Å²) < 4.78 is 24.5. The molecule has 0 aliphatic rings. The van der Waals surface area contributed by atoms with Crippen molar-refractivity contribution in [2.24, 2.45) is 5.73 Å². The van der Waals surface area contributed by atoms with E-state index in [-0.39, 0.29) is 12.1 Å². The lowest BCUT2D eigenvalue weighted by atomic mass is 10.1. The molecular weight excluding hydrogens is 192 g/mol. The van der Waals surface area contributed by atoms with Gasteiger partial charge in [0.1, 0.15) is 5.75 Å². The van der Waals surface area contributed by atoms with Gasteiger partial charge in [0.2, 0.25) is 0 Å². The van der Waals surface area contributed by atoms with Crippen LogP contribution in [0.1, 0.15) is 22.3 Å². The third kappa shape index (κ3) is 2.05. The molecule has 0 fully saturated rings. The van der Waals surface area contributed by atoms with Crippen molar-refractivity contribution in [2.45, 2.75) is 6.43 Å². The molecule has 3 nitrogen and oxygen atoms in total. The number of carbonyl (C=O) groups excluding carboxylic acids is 1. The van der Waals surface area contributed by atoms with E-state index in [9.17, 15) is 13.6 Å². The first-order valence-electron chi connectivity index (χ1n) is 3.90. The van der Waals surface area contributed by atoms with Crippen molar-refractivity contribution in [1.29, 1.82) is 0 Å². The molecule has 0 aliphatic carbocycles. The van der Waals surface area contributed by atoms with Gasteiger partial charge in [0.25, 0.3) is 6.43 Å². The maximum atomic E-state index is 12.3. The maximum Gasteiger partial charge on any atom is 0.267 e. The van der Waals surface area contributed by atoms with Crippen LogP contribution in [0.25, 0.3) is 0 Å². The summed E-state index contributed by atoms with van der Waals surface area (Å²) in [5, 5.41) is 9.04. The predicted molar refractivity (Wildman–Crippen MR) is 46.4 cm³/mol. The molecule has 0 spiro atoms. The van der Waals surface area contributed by atoms with Gasteiger partial charge >= 0.3 is 0 Å². The highest BCUT2D eigenvalue weighted by Gasteiger charge is 2.15. The van der Waals surface area contributed by atoms with Crippen LogP contribution in [0.2, 0.25) is 0 Å². The van der Waals surface area contributed by atoms with Crippen LogP contribution in [-0.4, -0.2) is 17.4 Å². The summed E-state index contributed by atoms with van der Waals surface area (Å²) >= 11 is 0. The number of phenolic OH excluding ortho intramolecular Hbond substituents is 1. The lowest BCUT2D eigenvalue weighted by Crippen LogP contribution is -2.13. The summed E-state index contributed by atoms with van der Waals surface area (Å²) in [6.07, 6.45) is -2.81. The van der Waals surface area contributed by atoms with Gasteiger partial charge in [-0.15, -0.1) is 0 Å². The molecule has 0 aliphatic heterocycles. The number of aromatic hydroxyl groups is 1. The van der Waals surface area contributed by atoms with Crippen LogP contribution in [0.15, 0.2) is 18.2 Å². The molecular formula is C9H9F2NO2. The summed E-state index contributed by atoms with van der Waals surface area (Å²) in [6.45, 7) is -0.243. The summed E-state index contributed by atoms with van der Waals surface area (Å²) in [4.78, 5) is 11.0. The Balaban J connectivity index is 3.13. The Morgan fingerprint density at radius 1 is 1.50 bits per heavy atom. The molecule has 0 atom stereocenters. The van der Waals surface area contributed by atoms with Crippen molar-refractivity contribution < 1.29 is 18.7 Å². The molecule has 1 rings (SSSR count). The van der Waals surface area contributed by atoms with Gasteiger partial charge in [0.05, 0.1) is 12.1 Å². The summed E-state index contributed by atoms with van der Waals surface area (Å²) in [5.74, 6) is -0.958. The van der Waals surface area contributed by atoms with Crippen molar-refractivity contribution in [2.75, 3.05) is 6.54 Å². The van der Waals surface area contributed by atoms with E-state index in [2.05, 4.69) is 0 Å². The zero-order chi connectivity index (χ0) is 10.7. The second-order valence-electron chi connectivity index (χ2n) is 2.70. The van der Waals surface area contributed by atoms with E-state index >= 15 is 0 Å². The van der Waals surface area contributed by atoms with Gasteiger partial charge in [-0.1, -0.05) is 0 Å². The maximum absolute atomic E-state index is 12.3. The minimum Gasteiger partial charge on any atom is -0.507 e. The van der Waals surface area contributed by atoms with Gasteiger partial charge in [0, 0.05) is 5.56 Å². The van der Waals surface area contributed by atoms with Crippen molar-refractivity contribution in [3.8, 4) is 5.75 Å². The average molecular weight is 201 g/mol. The number of hydrogen-bond donors (Lipinski definition) is 2. The Morgan fingerprint density at radius 3 is 2.64 bits per heavy atom. The third-order valence-electron chi connectivity index (χ3n) is 1.77. The van der Waals surface area contributed by atoms with E-state index in [0.29, 0.717) is 0 Å². The third-order valence-corrected chi connectivity index (χ3v) is 1.77. The fraction of sp³-hybridized carbons (Fsp3) is 0.222. The van der Waals surface area contributed by atoms with E-state index in [4.69, 9.17) is 10.8 Å². The highest BCUT2D eigenvalue weighted by atomic mass is 19.3. The molecule has 0 amide bonds. The van der Waals surface area contributed by atoms with Gasteiger partial charge in [-0.2, -0.15) is 0 Å². The van der Waals surface area contributed by atoms with Gasteiger partial charge in [-0.05, 0) is 18.2 Å². The molecule has 0 heterocycles. The topological polar surface area (TPSA) is 63.3 Å². The molecule has 0 aromatic heterocycles. The number of rotatable bonds is 3. The SMILES string of the molecule is NCC(=O)c1ccc(O)c(C(F)F)c1.